The van der Waals surface area contributed by atoms with Gasteiger partial charge in [0.1, 0.15) is 12.9 Å². The van der Waals surface area contributed by atoms with Gasteiger partial charge in [0.25, 0.3) is 0 Å². The molecule has 0 aromatic rings. The Morgan fingerprint density at radius 2 is 2.39 bits per heavy atom. The summed E-state index contributed by atoms with van der Waals surface area (Å²) in [4.78, 5) is 26.8. The lowest BCUT2D eigenvalue weighted by Crippen LogP contribution is -2.05. The van der Waals surface area contributed by atoms with E-state index in [1.165, 1.54) is 7.11 Å². The van der Waals surface area contributed by atoms with E-state index in [4.69, 9.17) is 4.84 Å². The van der Waals surface area contributed by atoms with Gasteiger partial charge >= 0.3 is 5.97 Å². The number of hydrogen-bond acceptors (Lipinski definition) is 5. The molecule has 0 unspecified atom stereocenters. The predicted octanol–water partition coefficient (Wildman–Crippen LogP) is 1.48. The Bertz CT molecular complexity index is 400. The summed E-state index contributed by atoms with van der Waals surface area (Å²) in [6.45, 7) is 0.238. The maximum atomic E-state index is 10.9. The fourth-order valence-corrected chi connectivity index (χ4v) is 2.60. The summed E-state index contributed by atoms with van der Waals surface area (Å²) in [5.41, 5.74) is 1.89. The molecule has 2 aliphatic rings. The van der Waals surface area contributed by atoms with Crippen LogP contribution in [0.5, 0.6) is 0 Å². The number of esters is 1. The first-order valence-corrected chi connectivity index (χ1v) is 6.14. The number of fused-ring (bicyclic) bond motifs is 1. The van der Waals surface area contributed by atoms with Crippen LogP contribution in [0.1, 0.15) is 25.7 Å². The zero-order valence-electron chi connectivity index (χ0n) is 10.4. The number of aldehydes is 1. The molecule has 1 saturated carbocycles. The van der Waals surface area contributed by atoms with Crippen LogP contribution in [0.25, 0.3) is 0 Å². The first-order valence-electron chi connectivity index (χ1n) is 6.14. The molecule has 0 saturated heterocycles. The minimum absolute atomic E-state index is 0.208. The van der Waals surface area contributed by atoms with Gasteiger partial charge in [0.2, 0.25) is 0 Å². The zero-order chi connectivity index (χ0) is 13.0. The molecular weight excluding hydrogens is 234 g/mol. The number of hydrogen-bond donors (Lipinski definition) is 0. The Morgan fingerprint density at radius 1 is 1.56 bits per heavy atom. The zero-order valence-corrected chi connectivity index (χ0v) is 10.4. The van der Waals surface area contributed by atoms with Crippen LogP contribution in [0.3, 0.4) is 0 Å². The minimum atomic E-state index is -0.301. The van der Waals surface area contributed by atoms with Gasteiger partial charge in [-0.15, -0.1) is 0 Å². The molecule has 2 atom stereocenters. The third kappa shape index (κ3) is 2.78. The van der Waals surface area contributed by atoms with Gasteiger partial charge in [-0.3, -0.25) is 9.59 Å². The van der Waals surface area contributed by atoms with Crippen molar-refractivity contribution in [2.45, 2.75) is 25.7 Å². The Hall–Kier alpha value is -1.65. The van der Waals surface area contributed by atoms with Crippen molar-refractivity contribution < 1.29 is 19.2 Å². The molecule has 1 fully saturated rings. The van der Waals surface area contributed by atoms with E-state index in [0.29, 0.717) is 11.8 Å². The molecule has 0 amide bonds. The van der Waals surface area contributed by atoms with E-state index in [-0.39, 0.29) is 19.0 Å². The van der Waals surface area contributed by atoms with Crippen molar-refractivity contribution in [2.75, 3.05) is 13.7 Å². The number of oxime groups is 1. The maximum Gasteiger partial charge on any atom is 0.309 e. The summed E-state index contributed by atoms with van der Waals surface area (Å²) in [5, 5.41) is 4.05. The Labute approximate surface area is 106 Å². The molecule has 5 nitrogen and oxygen atoms in total. The molecule has 0 N–H and O–H groups in total. The quantitative estimate of drug-likeness (QED) is 0.321. The maximum absolute atomic E-state index is 10.9. The monoisotopic (exact) mass is 251 g/mol. The van der Waals surface area contributed by atoms with Crippen LogP contribution in [-0.2, 0) is 19.2 Å². The third-order valence-electron chi connectivity index (χ3n) is 3.56. The summed E-state index contributed by atoms with van der Waals surface area (Å²) in [7, 11) is 1.35. The first kappa shape index (κ1) is 12.8. The van der Waals surface area contributed by atoms with E-state index in [1.54, 1.807) is 0 Å². The van der Waals surface area contributed by atoms with E-state index in [0.717, 1.165) is 36.8 Å². The van der Waals surface area contributed by atoms with Crippen molar-refractivity contribution in [3.63, 3.8) is 0 Å². The van der Waals surface area contributed by atoms with Gasteiger partial charge in [-0.1, -0.05) is 11.2 Å². The molecule has 0 aliphatic heterocycles. The van der Waals surface area contributed by atoms with Crippen molar-refractivity contribution in [1.82, 2.24) is 0 Å². The summed E-state index contributed by atoms with van der Waals surface area (Å²) in [5.74, 6) is 0.531. The molecular formula is C13H17NO4. The summed E-state index contributed by atoms with van der Waals surface area (Å²) in [6, 6.07) is 0. The average Bonchev–Trinajstić information content (AvgIpc) is 2.93. The van der Waals surface area contributed by atoms with Crippen LogP contribution < -0.4 is 0 Å². The normalized spacial score (nSPS) is 27.8. The predicted molar refractivity (Wildman–Crippen MR) is 65.0 cm³/mol. The molecule has 0 bridgehead atoms. The lowest BCUT2D eigenvalue weighted by Gasteiger charge is -2.07. The lowest BCUT2D eigenvalue weighted by atomic mass is 9.96. The molecule has 98 valence electrons. The van der Waals surface area contributed by atoms with Crippen molar-refractivity contribution in [1.29, 1.82) is 0 Å². The fourth-order valence-electron chi connectivity index (χ4n) is 2.60. The summed E-state index contributed by atoms with van der Waals surface area (Å²) >= 11 is 0. The molecule has 5 heteroatoms. The molecule has 2 aliphatic carbocycles. The summed E-state index contributed by atoms with van der Waals surface area (Å²) < 4.78 is 4.50. The van der Waals surface area contributed by atoms with Gasteiger partial charge < -0.3 is 9.57 Å². The van der Waals surface area contributed by atoms with Crippen molar-refractivity contribution >= 4 is 18.0 Å². The number of rotatable bonds is 5. The summed E-state index contributed by atoms with van der Waals surface area (Å²) in [6.07, 6.45) is 5.83. The molecule has 0 aromatic carbocycles. The van der Waals surface area contributed by atoms with Crippen LogP contribution in [0.4, 0.5) is 0 Å². The number of allylic oxidation sites excluding steroid dienone is 2. The molecule has 0 aromatic heterocycles. The molecule has 0 heterocycles. The smallest absolute Gasteiger partial charge is 0.309 e. The highest BCUT2D eigenvalue weighted by molar-refractivity contribution is 5.89. The third-order valence-corrected chi connectivity index (χ3v) is 3.56. The topological polar surface area (TPSA) is 65.0 Å². The van der Waals surface area contributed by atoms with E-state index in [9.17, 15) is 9.59 Å². The van der Waals surface area contributed by atoms with E-state index < -0.39 is 0 Å². The highest BCUT2D eigenvalue weighted by Crippen LogP contribution is 2.42. The van der Waals surface area contributed by atoms with Crippen LogP contribution in [0.15, 0.2) is 16.8 Å². The Kier molecular flexibility index (Phi) is 4.12. The van der Waals surface area contributed by atoms with Gasteiger partial charge in [0, 0.05) is 0 Å². The van der Waals surface area contributed by atoms with Crippen LogP contribution in [0, 0.1) is 11.8 Å². The standard InChI is InChI=1S/C13H17NO4/c1-17-13(16)4-5-18-14-11-6-9-2-3-10(8-15)12(9)7-11/h3,8-9,12H,2,4-7H2,1H3/t9-,12+/m0/s1. The number of methoxy groups -OCH3 is 1. The number of carbonyl (C=O) groups excluding carboxylic acids is 2. The van der Waals surface area contributed by atoms with Crippen molar-refractivity contribution in [3.05, 3.63) is 11.6 Å². The largest absolute Gasteiger partial charge is 0.469 e. The molecule has 18 heavy (non-hydrogen) atoms. The molecule has 0 spiro atoms. The van der Waals surface area contributed by atoms with Crippen LogP contribution in [-0.4, -0.2) is 31.7 Å². The van der Waals surface area contributed by atoms with Crippen molar-refractivity contribution in [2.24, 2.45) is 17.0 Å². The second-order valence-corrected chi connectivity index (χ2v) is 4.65. The van der Waals surface area contributed by atoms with E-state index >= 15 is 0 Å². The fraction of sp³-hybridized carbons (Fsp3) is 0.615. The number of carbonyl (C=O) groups is 2. The number of ether oxygens (including phenoxy) is 1. The van der Waals surface area contributed by atoms with Gasteiger partial charge in [-0.2, -0.15) is 0 Å². The molecule has 0 radical (unpaired) electrons. The van der Waals surface area contributed by atoms with Gasteiger partial charge in [-0.05, 0) is 36.7 Å². The molecule has 2 rings (SSSR count). The van der Waals surface area contributed by atoms with E-state index in [2.05, 4.69) is 9.89 Å². The number of nitrogens with zero attached hydrogens (tertiary/aromatic N) is 1. The van der Waals surface area contributed by atoms with Crippen LogP contribution in [0.2, 0.25) is 0 Å². The van der Waals surface area contributed by atoms with Crippen molar-refractivity contribution in [3.8, 4) is 0 Å². The highest BCUT2D eigenvalue weighted by Gasteiger charge is 2.37. The van der Waals surface area contributed by atoms with Gasteiger partial charge in [0.05, 0.1) is 19.2 Å². The second kappa shape index (κ2) is 5.80. The lowest BCUT2D eigenvalue weighted by molar-refractivity contribution is -0.141. The van der Waals surface area contributed by atoms with Gasteiger partial charge in [-0.25, -0.2) is 0 Å². The van der Waals surface area contributed by atoms with Gasteiger partial charge in [0.15, 0.2) is 0 Å². The average molecular weight is 251 g/mol. The van der Waals surface area contributed by atoms with Crippen LogP contribution >= 0.6 is 0 Å². The SMILES string of the molecule is COC(=O)CCON=C1C[C@@H]2CC=C(C=O)[C@@H]2C1. The Balaban J connectivity index is 1.77. The second-order valence-electron chi connectivity index (χ2n) is 4.65. The van der Waals surface area contributed by atoms with E-state index in [1.807, 2.05) is 6.08 Å². The first-order chi connectivity index (χ1) is 8.74. The Morgan fingerprint density at radius 3 is 3.11 bits per heavy atom. The highest BCUT2D eigenvalue weighted by atomic mass is 16.6. The minimum Gasteiger partial charge on any atom is -0.469 e.